The number of carbonyl (C=O) groups excluding carboxylic acids is 1. The Kier molecular flexibility index (Phi) is 7.64. The fourth-order valence-electron chi connectivity index (χ4n) is 4.13. The molecule has 9 heteroatoms. The Labute approximate surface area is 199 Å². The molecule has 0 bridgehead atoms. The van der Waals surface area contributed by atoms with Crippen LogP contribution >= 0.6 is 0 Å². The standard InChI is InChI=1S/C25H31N5O4/c1-32-21-8-6-7-20(15-21)30-17-22(27-28-30)25(31)26-10-4-5-11-29-12-9-18-13-23(33-2)24(34-3)14-19(18)16-29/h6-8,13-15,17H,4-5,9-12,16H2,1-3H3,(H,26,31). The van der Waals surface area contributed by atoms with Gasteiger partial charge in [-0.15, -0.1) is 5.10 Å². The van der Waals surface area contributed by atoms with Gasteiger partial charge in [-0.3, -0.25) is 9.69 Å². The van der Waals surface area contributed by atoms with Crippen molar-refractivity contribution in [2.45, 2.75) is 25.8 Å². The maximum Gasteiger partial charge on any atom is 0.273 e. The van der Waals surface area contributed by atoms with Crippen LogP contribution in [0.1, 0.15) is 34.5 Å². The van der Waals surface area contributed by atoms with Gasteiger partial charge < -0.3 is 19.5 Å². The normalized spacial score (nSPS) is 13.3. The predicted molar refractivity (Wildman–Crippen MR) is 128 cm³/mol. The van der Waals surface area contributed by atoms with Crippen LogP contribution in [0.15, 0.2) is 42.6 Å². The lowest BCUT2D eigenvalue weighted by Crippen LogP contribution is -2.32. The second kappa shape index (κ2) is 11.0. The van der Waals surface area contributed by atoms with Gasteiger partial charge >= 0.3 is 0 Å². The third kappa shape index (κ3) is 5.48. The number of nitrogens with zero attached hydrogens (tertiary/aromatic N) is 4. The van der Waals surface area contributed by atoms with E-state index in [0.717, 1.165) is 61.8 Å². The number of aromatic nitrogens is 3. The molecule has 0 radical (unpaired) electrons. The third-order valence-electron chi connectivity index (χ3n) is 6.03. The molecule has 1 N–H and O–H groups in total. The van der Waals surface area contributed by atoms with E-state index in [-0.39, 0.29) is 5.91 Å². The highest BCUT2D eigenvalue weighted by molar-refractivity contribution is 5.91. The molecule has 0 aliphatic carbocycles. The van der Waals surface area contributed by atoms with Gasteiger partial charge in [-0.25, -0.2) is 4.68 Å². The van der Waals surface area contributed by atoms with E-state index in [1.165, 1.54) is 11.1 Å². The van der Waals surface area contributed by atoms with Gasteiger partial charge in [0.25, 0.3) is 5.91 Å². The SMILES string of the molecule is COc1cccc(-n2cc(C(=O)NCCCCN3CCc4cc(OC)c(OC)cc4C3)nn2)c1. The Morgan fingerprint density at radius 3 is 2.59 bits per heavy atom. The van der Waals surface area contributed by atoms with Gasteiger partial charge in [-0.2, -0.15) is 0 Å². The van der Waals surface area contributed by atoms with Gasteiger partial charge in [0, 0.05) is 25.7 Å². The third-order valence-corrected chi connectivity index (χ3v) is 6.03. The highest BCUT2D eigenvalue weighted by Gasteiger charge is 2.19. The second-order valence-corrected chi connectivity index (χ2v) is 8.21. The topological polar surface area (TPSA) is 90.7 Å². The molecule has 0 spiro atoms. The fraction of sp³-hybridized carbons (Fsp3) is 0.400. The van der Waals surface area contributed by atoms with Crippen molar-refractivity contribution in [3.8, 4) is 22.9 Å². The first-order valence-corrected chi connectivity index (χ1v) is 11.4. The van der Waals surface area contributed by atoms with E-state index in [1.807, 2.05) is 24.3 Å². The van der Waals surface area contributed by atoms with Crippen LogP contribution in [-0.4, -0.2) is 66.8 Å². The molecule has 0 saturated carbocycles. The van der Waals surface area contributed by atoms with Crippen LogP contribution in [0, 0.1) is 0 Å². The van der Waals surface area contributed by atoms with Gasteiger partial charge in [-0.05, 0) is 61.2 Å². The molecule has 2 aromatic carbocycles. The van der Waals surface area contributed by atoms with Crippen molar-refractivity contribution in [3.63, 3.8) is 0 Å². The molecule has 3 aromatic rings. The number of fused-ring (bicyclic) bond motifs is 1. The molecule has 9 nitrogen and oxygen atoms in total. The second-order valence-electron chi connectivity index (χ2n) is 8.21. The van der Waals surface area contributed by atoms with Gasteiger partial charge in [0.2, 0.25) is 0 Å². The summed E-state index contributed by atoms with van der Waals surface area (Å²) in [5.74, 6) is 2.06. The largest absolute Gasteiger partial charge is 0.497 e. The van der Waals surface area contributed by atoms with E-state index in [2.05, 4.69) is 32.7 Å². The number of carbonyl (C=O) groups is 1. The Balaban J connectivity index is 1.21. The minimum atomic E-state index is -0.220. The summed E-state index contributed by atoms with van der Waals surface area (Å²) in [4.78, 5) is 14.9. The molecule has 1 aliphatic rings. The van der Waals surface area contributed by atoms with Crippen molar-refractivity contribution in [3.05, 3.63) is 59.4 Å². The van der Waals surface area contributed by atoms with E-state index >= 15 is 0 Å². The first-order valence-electron chi connectivity index (χ1n) is 11.4. The highest BCUT2D eigenvalue weighted by atomic mass is 16.5. The number of rotatable bonds is 10. The zero-order valence-electron chi connectivity index (χ0n) is 19.9. The van der Waals surface area contributed by atoms with Gasteiger partial charge in [0.15, 0.2) is 17.2 Å². The van der Waals surface area contributed by atoms with Crippen LogP contribution in [0.3, 0.4) is 0 Å². The van der Waals surface area contributed by atoms with E-state index in [1.54, 1.807) is 32.2 Å². The minimum Gasteiger partial charge on any atom is -0.497 e. The van der Waals surface area contributed by atoms with Crippen molar-refractivity contribution in [2.24, 2.45) is 0 Å². The number of benzene rings is 2. The lowest BCUT2D eigenvalue weighted by Gasteiger charge is -2.29. The van der Waals surface area contributed by atoms with Crippen molar-refractivity contribution in [2.75, 3.05) is 41.0 Å². The highest BCUT2D eigenvalue weighted by Crippen LogP contribution is 2.33. The summed E-state index contributed by atoms with van der Waals surface area (Å²) in [6.45, 7) is 3.49. The molecule has 4 rings (SSSR count). The molecule has 1 amide bonds. The number of ether oxygens (including phenoxy) is 3. The molecule has 1 aromatic heterocycles. The molecule has 34 heavy (non-hydrogen) atoms. The van der Waals surface area contributed by atoms with E-state index < -0.39 is 0 Å². The number of nitrogens with one attached hydrogen (secondary N) is 1. The summed E-state index contributed by atoms with van der Waals surface area (Å²) in [5.41, 5.74) is 3.68. The number of amides is 1. The number of unbranched alkanes of at least 4 members (excludes halogenated alkanes) is 1. The molecule has 0 unspecified atom stereocenters. The zero-order chi connectivity index (χ0) is 23.9. The predicted octanol–water partition coefficient (Wildman–Crippen LogP) is 2.86. The monoisotopic (exact) mass is 465 g/mol. The summed E-state index contributed by atoms with van der Waals surface area (Å²) in [6, 6.07) is 11.6. The summed E-state index contributed by atoms with van der Waals surface area (Å²) >= 11 is 0. The molecule has 0 saturated heterocycles. The van der Waals surface area contributed by atoms with Crippen LogP contribution < -0.4 is 19.5 Å². The van der Waals surface area contributed by atoms with Crippen LogP contribution in [0.4, 0.5) is 0 Å². The van der Waals surface area contributed by atoms with E-state index in [9.17, 15) is 4.79 Å². The summed E-state index contributed by atoms with van der Waals surface area (Å²) < 4.78 is 17.7. The molecule has 0 atom stereocenters. The quantitative estimate of drug-likeness (QED) is 0.461. The first kappa shape index (κ1) is 23.6. The van der Waals surface area contributed by atoms with Crippen LogP contribution in [0.5, 0.6) is 17.2 Å². The Morgan fingerprint density at radius 2 is 1.82 bits per heavy atom. The molecular formula is C25H31N5O4. The number of hydrogen-bond donors (Lipinski definition) is 1. The maximum absolute atomic E-state index is 12.4. The fourth-order valence-corrected chi connectivity index (χ4v) is 4.13. The Morgan fingerprint density at radius 1 is 1.03 bits per heavy atom. The molecule has 1 aliphatic heterocycles. The molecular weight excluding hydrogens is 434 g/mol. The van der Waals surface area contributed by atoms with Crippen LogP contribution in [-0.2, 0) is 13.0 Å². The van der Waals surface area contributed by atoms with Gasteiger partial charge in [0.1, 0.15) is 5.75 Å². The average molecular weight is 466 g/mol. The van der Waals surface area contributed by atoms with Crippen LogP contribution in [0.2, 0.25) is 0 Å². The van der Waals surface area contributed by atoms with E-state index in [4.69, 9.17) is 14.2 Å². The summed E-state index contributed by atoms with van der Waals surface area (Å²) in [6.07, 6.45) is 4.51. The number of hydrogen-bond acceptors (Lipinski definition) is 7. The van der Waals surface area contributed by atoms with Crippen molar-refractivity contribution in [1.29, 1.82) is 0 Å². The maximum atomic E-state index is 12.4. The average Bonchev–Trinajstić information content (AvgIpc) is 3.38. The molecule has 2 heterocycles. The lowest BCUT2D eigenvalue weighted by atomic mass is 9.98. The summed E-state index contributed by atoms with van der Waals surface area (Å²) in [7, 11) is 4.94. The zero-order valence-corrected chi connectivity index (χ0v) is 19.9. The van der Waals surface area contributed by atoms with Gasteiger partial charge in [0.05, 0.1) is 33.2 Å². The van der Waals surface area contributed by atoms with Gasteiger partial charge in [-0.1, -0.05) is 11.3 Å². The molecule has 0 fully saturated rings. The summed E-state index contributed by atoms with van der Waals surface area (Å²) in [5, 5.41) is 11.0. The number of methoxy groups -OCH3 is 3. The van der Waals surface area contributed by atoms with Crippen molar-refractivity contribution >= 4 is 5.91 Å². The van der Waals surface area contributed by atoms with E-state index in [0.29, 0.717) is 12.2 Å². The lowest BCUT2D eigenvalue weighted by molar-refractivity contribution is 0.0947. The first-order chi connectivity index (χ1) is 16.6. The van der Waals surface area contributed by atoms with Crippen molar-refractivity contribution < 1.29 is 19.0 Å². The van der Waals surface area contributed by atoms with Crippen LogP contribution in [0.25, 0.3) is 5.69 Å². The Hall–Kier alpha value is -3.59. The molecule has 180 valence electrons. The Bertz CT molecular complexity index is 1130. The van der Waals surface area contributed by atoms with Crippen molar-refractivity contribution in [1.82, 2.24) is 25.2 Å². The smallest absolute Gasteiger partial charge is 0.273 e. The minimum absolute atomic E-state index is 0.220.